The third kappa shape index (κ3) is 2.92. The van der Waals surface area contributed by atoms with E-state index < -0.39 is 17.9 Å². The lowest BCUT2D eigenvalue weighted by Gasteiger charge is -2.33. The van der Waals surface area contributed by atoms with Crippen LogP contribution in [-0.2, 0) is 9.59 Å². The number of amides is 3. The number of carbonyl (C=O) groups is 3. The Morgan fingerprint density at radius 1 is 1.48 bits per heavy atom. The Hall–Kier alpha value is -1.89. The molecule has 0 saturated carbocycles. The minimum atomic E-state index is -0.644. The van der Waals surface area contributed by atoms with Crippen LogP contribution in [0.25, 0.3) is 0 Å². The van der Waals surface area contributed by atoms with Gasteiger partial charge in [0.25, 0.3) is 5.91 Å². The standard InChI is InChI=1S/C14H16BrN3O3/c1-3-11-13(20)17-12(19)6-18(11)14(21)9-4-8(15)5-10(16)7(9)2/h4-5,11H,3,6,16H2,1-2H3,(H,17,19,20). The zero-order valence-electron chi connectivity index (χ0n) is 11.8. The number of nitrogens with zero attached hydrogens (tertiary/aromatic N) is 1. The van der Waals surface area contributed by atoms with Crippen LogP contribution in [0, 0.1) is 6.92 Å². The zero-order valence-corrected chi connectivity index (χ0v) is 13.4. The molecule has 21 heavy (non-hydrogen) atoms. The number of nitrogen functional groups attached to an aromatic ring is 1. The SMILES string of the molecule is CCC1C(=O)NC(=O)CN1C(=O)c1cc(Br)cc(N)c1C. The molecule has 0 spiro atoms. The van der Waals surface area contributed by atoms with Crippen molar-refractivity contribution in [3.63, 3.8) is 0 Å². The van der Waals surface area contributed by atoms with Crippen LogP contribution in [0.5, 0.6) is 0 Å². The topological polar surface area (TPSA) is 92.5 Å². The molecule has 1 aromatic rings. The number of nitrogens with one attached hydrogen (secondary N) is 1. The molecule has 3 N–H and O–H groups in total. The normalized spacial score (nSPS) is 18.6. The minimum absolute atomic E-state index is 0.130. The van der Waals surface area contributed by atoms with Crippen LogP contribution in [-0.4, -0.2) is 35.2 Å². The molecule has 1 aliphatic rings. The molecular weight excluding hydrogens is 338 g/mol. The summed E-state index contributed by atoms with van der Waals surface area (Å²) in [5.74, 6) is -1.28. The maximum Gasteiger partial charge on any atom is 0.255 e. The van der Waals surface area contributed by atoms with Gasteiger partial charge in [-0.3, -0.25) is 19.7 Å². The van der Waals surface area contributed by atoms with Gasteiger partial charge < -0.3 is 10.6 Å². The third-order valence-corrected chi connectivity index (χ3v) is 4.00. The van der Waals surface area contributed by atoms with Gasteiger partial charge in [0.15, 0.2) is 0 Å². The lowest BCUT2D eigenvalue weighted by Crippen LogP contribution is -2.59. The van der Waals surface area contributed by atoms with Crippen molar-refractivity contribution >= 4 is 39.3 Å². The first-order valence-corrected chi connectivity index (χ1v) is 7.34. The monoisotopic (exact) mass is 353 g/mol. The molecule has 0 aromatic heterocycles. The van der Waals surface area contributed by atoms with Crippen molar-refractivity contribution in [2.45, 2.75) is 26.3 Å². The molecule has 1 unspecified atom stereocenters. The van der Waals surface area contributed by atoms with E-state index in [1.807, 2.05) is 0 Å². The molecule has 2 rings (SSSR count). The van der Waals surface area contributed by atoms with E-state index in [0.717, 1.165) is 0 Å². The van der Waals surface area contributed by atoms with Crippen molar-refractivity contribution in [2.24, 2.45) is 0 Å². The molecule has 6 nitrogen and oxygen atoms in total. The smallest absolute Gasteiger partial charge is 0.255 e. The van der Waals surface area contributed by atoms with Crippen molar-refractivity contribution in [1.29, 1.82) is 0 Å². The molecule has 1 atom stereocenters. The van der Waals surface area contributed by atoms with E-state index in [1.165, 1.54) is 4.90 Å². The summed E-state index contributed by atoms with van der Waals surface area (Å²) in [6.45, 7) is 3.40. The van der Waals surface area contributed by atoms with Crippen LogP contribution in [0.2, 0.25) is 0 Å². The summed E-state index contributed by atoms with van der Waals surface area (Å²) in [5.41, 5.74) is 7.37. The van der Waals surface area contributed by atoms with Crippen LogP contribution >= 0.6 is 15.9 Å². The number of hydrogen-bond donors (Lipinski definition) is 2. The Kier molecular flexibility index (Phi) is 4.32. The number of anilines is 1. The maximum atomic E-state index is 12.7. The summed E-state index contributed by atoms with van der Waals surface area (Å²) in [6.07, 6.45) is 0.438. The second-order valence-electron chi connectivity index (χ2n) is 4.94. The fourth-order valence-electron chi connectivity index (χ4n) is 2.36. The van der Waals surface area contributed by atoms with Crippen molar-refractivity contribution in [3.05, 3.63) is 27.7 Å². The third-order valence-electron chi connectivity index (χ3n) is 3.55. The second kappa shape index (κ2) is 5.85. The molecule has 0 radical (unpaired) electrons. The summed E-state index contributed by atoms with van der Waals surface area (Å²) < 4.78 is 0.676. The van der Waals surface area contributed by atoms with Gasteiger partial charge >= 0.3 is 0 Å². The van der Waals surface area contributed by atoms with Crippen LogP contribution < -0.4 is 11.1 Å². The van der Waals surface area contributed by atoms with Crippen LogP contribution in [0.4, 0.5) is 5.69 Å². The van der Waals surface area contributed by atoms with Gasteiger partial charge in [0, 0.05) is 15.7 Å². The van der Waals surface area contributed by atoms with E-state index in [2.05, 4.69) is 21.2 Å². The van der Waals surface area contributed by atoms with Gasteiger partial charge in [0.05, 0.1) is 0 Å². The first kappa shape index (κ1) is 15.5. The highest BCUT2D eigenvalue weighted by Crippen LogP contribution is 2.25. The van der Waals surface area contributed by atoms with Crippen molar-refractivity contribution < 1.29 is 14.4 Å². The van der Waals surface area contributed by atoms with Crippen LogP contribution in [0.15, 0.2) is 16.6 Å². The minimum Gasteiger partial charge on any atom is -0.398 e. The van der Waals surface area contributed by atoms with E-state index in [0.29, 0.717) is 27.7 Å². The van der Waals surface area contributed by atoms with Gasteiger partial charge in [-0.25, -0.2) is 0 Å². The van der Waals surface area contributed by atoms with Gasteiger partial charge in [0.2, 0.25) is 11.8 Å². The van der Waals surface area contributed by atoms with Crippen molar-refractivity contribution in [2.75, 3.05) is 12.3 Å². The largest absolute Gasteiger partial charge is 0.398 e. The molecule has 1 aromatic carbocycles. The number of carbonyl (C=O) groups excluding carboxylic acids is 3. The second-order valence-corrected chi connectivity index (χ2v) is 5.85. The van der Waals surface area contributed by atoms with E-state index in [9.17, 15) is 14.4 Å². The van der Waals surface area contributed by atoms with Crippen LogP contribution in [0.1, 0.15) is 29.3 Å². The fourth-order valence-corrected chi connectivity index (χ4v) is 2.84. The molecule has 1 heterocycles. The molecule has 3 amide bonds. The highest BCUT2D eigenvalue weighted by molar-refractivity contribution is 9.10. The van der Waals surface area contributed by atoms with Gasteiger partial charge in [-0.1, -0.05) is 22.9 Å². The number of rotatable bonds is 2. The molecule has 1 saturated heterocycles. The van der Waals surface area contributed by atoms with Crippen molar-refractivity contribution in [1.82, 2.24) is 10.2 Å². The Bertz CT molecular complexity index is 630. The highest BCUT2D eigenvalue weighted by Gasteiger charge is 2.36. The Morgan fingerprint density at radius 3 is 2.76 bits per heavy atom. The van der Waals surface area contributed by atoms with E-state index >= 15 is 0 Å². The Morgan fingerprint density at radius 2 is 2.14 bits per heavy atom. The predicted molar refractivity (Wildman–Crippen MR) is 81.6 cm³/mol. The molecule has 0 bridgehead atoms. The van der Waals surface area contributed by atoms with Gasteiger partial charge in [-0.05, 0) is 31.0 Å². The number of benzene rings is 1. The van der Waals surface area contributed by atoms with E-state index in [-0.39, 0.29) is 12.5 Å². The molecule has 112 valence electrons. The lowest BCUT2D eigenvalue weighted by atomic mass is 10.0. The van der Waals surface area contributed by atoms with Gasteiger partial charge in [-0.15, -0.1) is 0 Å². The first-order valence-electron chi connectivity index (χ1n) is 6.55. The van der Waals surface area contributed by atoms with Crippen LogP contribution in [0.3, 0.4) is 0 Å². The van der Waals surface area contributed by atoms with Gasteiger partial charge in [0.1, 0.15) is 12.6 Å². The number of nitrogens with two attached hydrogens (primary N) is 1. The average Bonchev–Trinajstić information content (AvgIpc) is 2.41. The average molecular weight is 354 g/mol. The predicted octanol–water partition coefficient (Wildman–Crippen LogP) is 1.22. The van der Waals surface area contributed by atoms with Gasteiger partial charge in [-0.2, -0.15) is 0 Å². The summed E-state index contributed by atoms with van der Waals surface area (Å²) in [7, 11) is 0. The Labute approximate surface area is 130 Å². The number of piperazine rings is 1. The highest BCUT2D eigenvalue weighted by atomic mass is 79.9. The quantitative estimate of drug-likeness (QED) is 0.617. The molecule has 1 fully saturated rings. The summed E-state index contributed by atoms with van der Waals surface area (Å²) in [6, 6.07) is 2.71. The maximum absolute atomic E-state index is 12.7. The number of halogens is 1. The van der Waals surface area contributed by atoms with E-state index in [1.54, 1.807) is 26.0 Å². The summed E-state index contributed by atoms with van der Waals surface area (Å²) >= 11 is 3.30. The molecule has 0 aliphatic carbocycles. The molecule has 7 heteroatoms. The Balaban J connectivity index is 2.42. The first-order chi connectivity index (χ1) is 9.85. The molecular formula is C14H16BrN3O3. The summed E-state index contributed by atoms with van der Waals surface area (Å²) in [4.78, 5) is 37.4. The number of hydrogen-bond acceptors (Lipinski definition) is 4. The zero-order chi connectivity index (χ0) is 15.7. The lowest BCUT2D eigenvalue weighted by molar-refractivity contribution is -0.138. The molecule has 1 aliphatic heterocycles. The summed E-state index contributed by atoms with van der Waals surface area (Å²) in [5, 5.41) is 2.25. The number of imide groups is 1. The van der Waals surface area contributed by atoms with Crippen molar-refractivity contribution in [3.8, 4) is 0 Å². The fraction of sp³-hybridized carbons (Fsp3) is 0.357. The van der Waals surface area contributed by atoms with E-state index in [4.69, 9.17) is 5.73 Å².